The van der Waals surface area contributed by atoms with E-state index in [1.807, 2.05) is 24.3 Å². The number of carbonyl (C=O) groups excluding carboxylic acids is 1. The fourth-order valence-electron chi connectivity index (χ4n) is 2.14. The Kier molecular flexibility index (Phi) is 7.26. The van der Waals surface area contributed by atoms with Gasteiger partial charge in [-0.2, -0.15) is 0 Å². The highest BCUT2D eigenvalue weighted by Crippen LogP contribution is 2.28. The van der Waals surface area contributed by atoms with Gasteiger partial charge in [-0.15, -0.1) is 0 Å². The minimum atomic E-state index is -0.781. The van der Waals surface area contributed by atoms with Crippen LogP contribution in [0, 0.1) is 0 Å². The molecule has 2 rings (SSSR count). The van der Waals surface area contributed by atoms with Crippen LogP contribution in [0.2, 0.25) is 10.0 Å². The molecule has 2 aromatic carbocycles. The van der Waals surface area contributed by atoms with Gasteiger partial charge in [-0.3, -0.25) is 10.1 Å². The molecule has 1 atom stereocenters. The van der Waals surface area contributed by atoms with Crippen molar-refractivity contribution in [2.24, 2.45) is 0 Å². The normalized spacial score (nSPS) is 11.8. The molecule has 1 unspecified atom stereocenters. The Morgan fingerprint density at radius 3 is 2.31 bits per heavy atom. The van der Waals surface area contributed by atoms with Gasteiger partial charge in [0.25, 0.3) is 5.91 Å². The molecule has 0 aliphatic carbocycles. The molecule has 0 saturated heterocycles. The maximum atomic E-state index is 12.2. The summed E-state index contributed by atoms with van der Waals surface area (Å²) in [5.74, 6) is 0.447. The molecule has 0 aliphatic rings. The summed E-state index contributed by atoms with van der Waals surface area (Å²) in [7, 11) is 0. The zero-order chi connectivity index (χ0) is 19.3. The van der Waals surface area contributed by atoms with Gasteiger partial charge in [-0.1, -0.05) is 49.2 Å². The van der Waals surface area contributed by atoms with Gasteiger partial charge in [0.1, 0.15) is 5.75 Å². The lowest BCUT2D eigenvalue weighted by molar-refractivity contribution is -0.125. The predicted octanol–water partition coefficient (Wildman–Crippen LogP) is 5.40. The maximum Gasteiger partial charge on any atom is 0.266 e. The number of carbonyl (C=O) groups is 1. The predicted molar refractivity (Wildman–Crippen MR) is 111 cm³/mol. The number of ether oxygens (including phenoxy) is 1. The van der Waals surface area contributed by atoms with Gasteiger partial charge in [0.15, 0.2) is 11.2 Å². The molecule has 138 valence electrons. The quantitative estimate of drug-likeness (QED) is 0.647. The number of amides is 1. The number of halogens is 2. The number of nitrogens with one attached hydrogen (secondary N) is 2. The van der Waals surface area contributed by atoms with E-state index >= 15 is 0 Å². The van der Waals surface area contributed by atoms with Crippen molar-refractivity contribution in [1.82, 2.24) is 5.32 Å². The molecule has 0 aliphatic heterocycles. The minimum absolute atomic E-state index is 0.199. The summed E-state index contributed by atoms with van der Waals surface area (Å²) in [6.45, 7) is 5.86. The number of hydrogen-bond acceptors (Lipinski definition) is 3. The highest BCUT2D eigenvalue weighted by atomic mass is 35.5. The van der Waals surface area contributed by atoms with Gasteiger partial charge in [-0.05, 0) is 61.0 Å². The number of benzene rings is 2. The second-order valence-electron chi connectivity index (χ2n) is 6.05. The summed E-state index contributed by atoms with van der Waals surface area (Å²) in [4.78, 5) is 12.2. The van der Waals surface area contributed by atoms with Crippen LogP contribution >= 0.6 is 35.4 Å². The number of thiocarbonyl (C=S) groups is 1. The molecule has 0 radical (unpaired) electrons. The van der Waals surface area contributed by atoms with Crippen LogP contribution in [0.5, 0.6) is 5.75 Å². The first-order valence-corrected chi connectivity index (χ1v) is 9.26. The fourth-order valence-corrected chi connectivity index (χ4v) is 2.81. The van der Waals surface area contributed by atoms with E-state index in [2.05, 4.69) is 24.5 Å². The Morgan fingerprint density at radius 1 is 1.08 bits per heavy atom. The van der Waals surface area contributed by atoms with Crippen LogP contribution < -0.4 is 15.4 Å². The van der Waals surface area contributed by atoms with Crippen LogP contribution in [0.4, 0.5) is 5.69 Å². The van der Waals surface area contributed by atoms with E-state index in [9.17, 15) is 4.79 Å². The van der Waals surface area contributed by atoms with Crippen molar-refractivity contribution in [1.29, 1.82) is 0 Å². The molecule has 0 spiro atoms. The first-order chi connectivity index (χ1) is 12.3. The highest BCUT2D eigenvalue weighted by molar-refractivity contribution is 7.80. The Balaban J connectivity index is 1.90. The van der Waals surface area contributed by atoms with Crippen molar-refractivity contribution >= 4 is 52.1 Å². The zero-order valence-electron chi connectivity index (χ0n) is 14.7. The number of rotatable bonds is 5. The average Bonchev–Trinajstić information content (AvgIpc) is 2.57. The molecular formula is C19H20Cl2N2O2S. The van der Waals surface area contributed by atoms with Crippen LogP contribution in [0.25, 0.3) is 0 Å². The molecule has 2 aromatic rings. The van der Waals surface area contributed by atoms with Crippen molar-refractivity contribution in [3.05, 3.63) is 58.1 Å². The Bertz CT molecular complexity index is 795. The van der Waals surface area contributed by atoms with Gasteiger partial charge in [-0.25, -0.2) is 0 Å². The molecular weight excluding hydrogens is 391 g/mol. The molecule has 0 heterocycles. The summed E-state index contributed by atoms with van der Waals surface area (Å²) >= 11 is 17.1. The van der Waals surface area contributed by atoms with Crippen molar-refractivity contribution < 1.29 is 9.53 Å². The van der Waals surface area contributed by atoms with E-state index < -0.39 is 6.10 Å². The second-order valence-corrected chi connectivity index (χ2v) is 7.31. The first kappa shape index (κ1) is 20.5. The van der Waals surface area contributed by atoms with Crippen LogP contribution in [-0.2, 0) is 4.79 Å². The van der Waals surface area contributed by atoms with E-state index in [1.54, 1.807) is 25.1 Å². The molecule has 0 aromatic heterocycles. The van der Waals surface area contributed by atoms with Crippen LogP contribution in [0.1, 0.15) is 32.3 Å². The summed E-state index contributed by atoms with van der Waals surface area (Å²) in [6, 6.07) is 12.7. The Labute approximate surface area is 168 Å². The van der Waals surface area contributed by atoms with E-state index in [0.717, 1.165) is 5.69 Å². The molecule has 0 fully saturated rings. The maximum absolute atomic E-state index is 12.2. The third-order valence-corrected chi connectivity index (χ3v) is 4.37. The molecule has 7 heteroatoms. The highest BCUT2D eigenvalue weighted by Gasteiger charge is 2.17. The first-order valence-electron chi connectivity index (χ1n) is 8.09. The van der Waals surface area contributed by atoms with Gasteiger partial charge in [0, 0.05) is 10.7 Å². The van der Waals surface area contributed by atoms with Crippen molar-refractivity contribution in [3.8, 4) is 5.75 Å². The second kappa shape index (κ2) is 9.21. The lowest BCUT2D eigenvalue weighted by atomic mass is 10.0. The van der Waals surface area contributed by atoms with E-state index in [-0.39, 0.29) is 11.0 Å². The fraction of sp³-hybridized carbons (Fsp3) is 0.263. The third-order valence-electron chi connectivity index (χ3n) is 3.64. The minimum Gasteiger partial charge on any atom is -0.479 e. The summed E-state index contributed by atoms with van der Waals surface area (Å²) in [5, 5.41) is 6.61. The monoisotopic (exact) mass is 410 g/mol. The van der Waals surface area contributed by atoms with Crippen molar-refractivity contribution in [3.63, 3.8) is 0 Å². The van der Waals surface area contributed by atoms with Crippen LogP contribution in [-0.4, -0.2) is 17.1 Å². The smallest absolute Gasteiger partial charge is 0.266 e. The number of anilines is 1. The van der Waals surface area contributed by atoms with Crippen LogP contribution in [0.3, 0.4) is 0 Å². The molecule has 1 amide bonds. The molecule has 0 bridgehead atoms. The Morgan fingerprint density at radius 2 is 1.73 bits per heavy atom. The van der Waals surface area contributed by atoms with E-state index in [0.29, 0.717) is 21.7 Å². The standard InChI is InChI=1S/C19H20Cl2N2O2S/c1-11(2)13-4-7-15(8-5-13)22-19(26)23-18(24)12(3)25-17-9-6-14(20)10-16(17)21/h4-12H,1-3H3,(H2,22,23,24,26). The van der Waals surface area contributed by atoms with Crippen LogP contribution in [0.15, 0.2) is 42.5 Å². The summed E-state index contributed by atoms with van der Waals surface area (Å²) < 4.78 is 5.57. The van der Waals surface area contributed by atoms with Crippen molar-refractivity contribution in [2.45, 2.75) is 32.8 Å². The van der Waals surface area contributed by atoms with E-state index in [4.69, 9.17) is 40.2 Å². The number of hydrogen-bond donors (Lipinski definition) is 2. The molecule has 26 heavy (non-hydrogen) atoms. The SMILES string of the molecule is CC(Oc1ccc(Cl)cc1Cl)C(=O)NC(=S)Nc1ccc(C(C)C)cc1. The molecule has 2 N–H and O–H groups in total. The summed E-state index contributed by atoms with van der Waals surface area (Å²) in [5.41, 5.74) is 2.03. The largest absolute Gasteiger partial charge is 0.479 e. The van der Waals surface area contributed by atoms with E-state index in [1.165, 1.54) is 5.56 Å². The molecule has 4 nitrogen and oxygen atoms in total. The van der Waals surface area contributed by atoms with Gasteiger partial charge >= 0.3 is 0 Å². The lowest BCUT2D eigenvalue weighted by Crippen LogP contribution is -2.42. The average molecular weight is 411 g/mol. The Hall–Kier alpha value is -1.82. The van der Waals surface area contributed by atoms with Gasteiger partial charge in [0.05, 0.1) is 5.02 Å². The zero-order valence-corrected chi connectivity index (χ0v) is 17.0. The van der Waals surface area contributed by atoms with Gasteiger partial charge < -0.3 is 10.1 Å². The van der Waals surface area contributed by atoms with Crippen molar-refractivity contribution in [2.75, 3.05) is 5.32 Å². The lowest BCUT2D eigenvalue weighted by Gasteiger charge is -2.17. The topological polar surface area (TPSA) is 50.4 Å². The molecule has 0 saturated carbocycles. The summed E-state index contributed by atoms with van der Waals surface area (Å²) in [6.07, 6.45) is -0.781. The third kappa shape index (κ3) is 5.87. The van der Waals surface area contributed by atoms with Gasteiger partial charge in [0.2, 0.25) is 0 Å².